The molecule has 1 aromatic carbocycles. The van der Waals surface area contributed by atoms with Gasteiger partial charge in [-0.15, -0.1) is 0 Å². The summed E-state index contributed by atoms with van der Waals surface area (Å²) in [4.78, 5) is 4.20. The Morgan fingerprint density at radius 1 is 1.24 bits per heavy atom. The Hall–Kier alpha value is -1.61. The molecule has 0 aliphatic rings. The van der Waals surface area contributed by atoms with Gasteiger partial charge < -0.3 is 10.5 Å². The fourth-order valence-corrected chi connectivity index (χ4v) is 2.10. The van der Waals surface area contributed by atoms with Gasteiger partial charge in [-0.05, 0) is 43.3 Å². The molecule has 0 bridgehead atoms. The smallest absolute Gasteiger partial charge is 0.122 e. The van der Waals surface area contributed by atoms with Crippen LogP contribution in [0.1, 0.15) is 18.4 Å². The molecule has 0 unspecified atom stereocenters. The van der Waals surface area contributed by atoms with E-state index in [0.717, 1.165) is 31.6 Å². The maximum atomic E-state index is 5.53. The zero-order valence-electron chi connectivity index (χ0n) is 10.1. The summed E-state index contributed by atoms with van der Waals surface area (Å²) in [5.41, 5.74) is 6.77. The van der Waals surface area contributed by atoms with Crippen LogP contribution in [0.4, 0.5) is 0 Å². The van der Waals surface area contributed by atoms with E-state index in [2.05, 4.69) is 11.1 Å². The number of nitrogens with zero attached hydrogens (tertiary/aromatic N) is 1. The Morgan fingerprint density at radius 2 is 2.12 bits per heavy atom. The molecule has 0 aliphatic carbocycles. The zero-order chi connectivity index (χ0) is 12.1. The van der Waals surface area contributed by atoms with Crippen molar-refractivity contribution in [3.8, 4) is 5.75 Å². The van der Waals surface area contributed by atoms with Crippen LogP contribution in [0.25, 0.3) is 10.8 Å². The Kier molecular flexibility index (Phi) is 3.94. The van der Waals surface area contributed by atoms with E-state index in [4.69, 9.17) is 10.5 Å². The Morgan fingerprint density at radius 3 is 2.88 bits per heavy atom. The maximum Gasteiger partial charge on any atom is 0.122 e. The largest absolute Gasteiger partial charge is 0.496 e. The lowest BCUT2D eigenvalue weighted by molar-refractivity contribution is 0.410. The third-order valence-electron chi connectivity index (χ3n) is 2.99. The number of pyridine rings is 1. The average Bonchev–Trinajstić information content (AvgIpc) is 2.39. The lowest BCUT2D eigenvalue weighted by atomic mass is 10.0. The molecule has 17 heavy (non-hydrogen) atoms. The lowest BCUT2D eigenvalue weighted by Gasteiger charge is -2.11. The lowest BCUT2D eigenvalue weighted by Crippen LogP contribution is -2.00. The highest BCUT2D eigenvalue weighted by molar-refractivity contribution is 5.86. The number of unbranched alkanes of at least 4 members (excludes halogenated alkanes) is 1. The van der Waals surface area contributed by atoms with Crippen LogP contribution in [0.3, 0.4) is 0 Å². The Bertz CT molecular complexity index is 497. The number of fused-ring (bicyclic) bond motifs is 1. The normalized spacial score (nSPS) is 10.7. The molecule has 0 atom stereocenters. The first-order chi connectivity index (χ1) is 8.36. The third kappa shape index (κ3) is 2.56. The third-order valence-corrected chi connectivity index (χ3v) is 2.99. The highest BCUT2D eigenvalue weighted by atomic mass is 16.5. The van der Waals surface area contributed by atoms with Crippen LogP contribution >= 0.6 is 0 Å². The van der Waals surface area contributed by atoms with E-state index in [9.17, 15) is 0 Å². The van der Waals surface area contributed by atoms with E-state index >= 15 is 0 Å². The molecule has 2 rings (SSSR count). The van der Waals surface area contributed by atoms with Crippen LogP contribution in [0.15, 0.2) is 30.6 Å². The van der Waals surface area contributed by atoms with Crippen molar-refractivity contribution in [2.24, 2.45) is 5.73 Å². The Balaban J connectivity index is 2.40. The summed E-state index contributed by atoms with van der Waals surface area (Å²) < 4.78 is 5.43. The monoisotopic (exact) mass is 230 g/mol. The number of aryl methyl sites for hydroxylation is 1. The molecule has 3 heteroatoms. The van der Waals surface area contributed by atoms with Crippen LogP contribution in [-0.4, -0.2) is 18.6 Å². The molecule has 3 nitrogen and oxygen atoms in total. The minimum Gasteiger partial charge on any atom is -0.496 e. The summed E-state index contributed by atoms with van der Waals surface area (Å²) in [5, 5.41) is 2.40. The van der Waals surface area contributed by atoms with Gasteiger partial charge in [-0.3, -0.25) is 4.98 Å². The first-order valence-electron chi connectivity index (χ1n) is 5.96. The number of benzene rings is 1. The van der Waals surface area contributed by atoms with Crippen molar-refractivity contribution in [2.45, 2.75) is 19.3 Å². The minimum absolute atomic E-state index is 0.741. The molecule has 0 spiro atoms. The summed E-state index contributed by atoms with van der Waals surface area (Å²) >= 11 is 0. The first-order valence-corrected chi connectivity index (χ1v) is 5.96. The number of methoxy groups -OCH3 is 1. The van der Waals surface area contributed by atoms with Gasteiger partial charge in [0.2, 0.25) is 0 Å². The molecule has 0 fully saturated rings. The number of rotatable bonds is 5. The van der Waals surface area contributed by atoms with Crippen LogP contribution in [-0.2, 0) is 6.42 Å². The molecule has 2 N–H and O–H groups in total. The fourth-order valence-electron chi connectivity index (χ4n) is 2.10. The van der Waals surface area contributed by atoms with Crippen molar-refractivity contribution >= 4 is 10.8 Å². The molecule has 0 radical (unpaired) electrons. The molecule has 1 heterocycles. The zero-order valence-corrected chi connectivity index (χ0v) is 10.1. The average molecular weight is 230 g/mol. The fraction of sp³-hybridized carbons (Fsp3) is 0.357. The first kappa shape index (κ1) is 11.9. The van der Waals surface area contributed by atoms with Gasteiger partial charge in [-0.2, -0.15) is 0 Å². The standard InChI is InChI=1S/C14H18N2O/c1-17-14-6-5-11-7-9-16-10-13(11)12(14)4-2-3-8-15/h5-7,9-10H,2-4,8,15H2,1H3. The van der Waals surface area contributed by atoms with Crippen molar-refractivity contribution in [1.82, 2.24) is 4.98 Å². The molecule has 90 valence electrons. The van der Waals surface area contributed by atoms with Gasteiger partial charge in [0.15, 0.2) is 0 Å². The van der Waals surface area contributed by atoms with Gasteiger partial charge in [0.25, 0.3) is 0 Å². The molecule has 0 saturated heterocycles. The quantitative estimate of drug-likeness (QED) is 0.803. The van der Waals surface area contributed by atoms with Gasteiger partial charge in [-0.1, -0.05) is 6.07 Å². The molecule has 2 aromatic rings. The highest BCUT2D eigenvalue weighted by Crippen LogP contribution is 2.28. The van der Waals surface area contributed by atoms with Crippen LogP contribution in [0.5, 0.6) is 5.75 Å². The van der Waals surface area contributed by atoms with Crippen LogP contribution in [0, 0.1) is 0 Å². The van der Waals surface area contributed by atoms with E-state index in [1.165, 1.54) is 16.3 Å². The van der Waals surface area contributed by atoms with Crippen molar-refractivity contribution < 1.29 is 4.74 Å². The summed E-state index contributed by atoms with van der Waals surface area (Å²) in [7, 11) is 1.71. The highest BCUT2D eigenvalue weighted by Gasteiger charge is 2.07. The second kappa shape index (κ2) is 5.64. The number of ether oxygens (including phenoxy) is 1. The number of hydrogen-bond acceptors (Lipinski definition) is 3. The predicted octanol–water partition coefficient (Wildman–Crippen LogP) is 2.52. The summed E-state index contributed by atoms with van der Waals surface area (Å²) in [6.07, 6.45) is 6.85. The second-order valence-corrected chi connectivity index (χ2v) is 4.09. The number of aromatic nitrogens is 1. The summed E-state index contributed by atoms with van der Waals surface area (Å²) in [6, 6.07) is 6.13. The van der Waals surface area contributed by atoms with Crippen LogP contribution < -0.4 is 10.5 Å². The number of hydrogen-bond donors (Lipinski definition) is 1. The van der Waals surface area contributed by atoms with E-state index in [-0.39, 0.29) is 0 Å². The van der Waals surface area contributed by atoms with E-state index in [1.54, 1.807) is 7.11 Å². The Labute approximate surface area is 102 Å². The topological polar surface area (TPSA) is 48.1 Å². The molecular weight excluding hydrogens is 212 g/mol. The van der Waals surface area contributed by atoms with Crippen molar-refractivity contribution in [1.29, 1.82) is 0 Å². The minimum atomic E-state index is 0.741. The SMILES string of the molecule is COc1ccc2ccncc2c1CCCCN. The van der Waals surface area contributed by atoms with Gasteiger partial charge >= 0.3 is 0 Å². The van der Waals surface area contributed by atoms with Crippen molar-refractivity contribution in [2.75, 3.05) is 13.7 Å². The van der Waals surface area contributed by atoms with Crippen molar-refractivity contribution in [3.63, 3.8) is 0 Å². The number of nitrogens with two attached hydrogens (primary N) is 1. The maximum absolute atomic E-state index is 5.53. The summed E-state index contributed by atoms with van der Waals surface area (Å²) in [6.45, 7) is 0.741. The predicted molar refractivity (Wildman–Crippen MR) is 70.3 cm³/mol. The molecule has 0 aliphatic heterocycles. The molecule has 0 amide bonds. The van der Waals surface area contributed by atoms with E-state index in [0.29, 0.717) is 0 Å². The van der Waals surface area contributed by atoms with Crippen LogP contribution in [0.2, 0.25) is 0 Å². The molecule has 1 aromatic heterocycles. The van der Waals surface area contributed by atoms with Gasteiger partial charge in [-0.25, -0.2) is 0 Å². The van der Waals surface area contributed by atoms with E-state index < -0.39 is 0 Å². The molecule has 0 saturated carbocycles. The van der Waals surface area contributed by atoms with Gasteiger partial charge in [0.1, 0.15) is 5.75 Å². The van der Waals surface area contributed by atoms with Gasteiger partial charge in [0.05, 0.1) is 7.11 Å². The second-order valence-electron chi connectivity index (χ2n) is 4.09. The van der Waals surface area contributed by atoms with Crippen molar-refractivity contribution in [3.05, 3.63) is 36.2 Å². The molecular formula is C14H18N2O. The summed E-state index contributed by atoms with van der Waals surface area (Å²) in [5.74, 6) is 0.947. The van der Waals surface area contributed by atoms with Gasteiger partial charge in [0, 0.05) is 23.3 Å². The van der Waals surface area contributed by atoms with E-state index in [1.807, 2.05) is 24.5 Å².